The molecule has 1 aromatic heterocycles. The van der Waals surface area contributed by atoms with E-state index in [1.165, 1.54) is 4.31 Å². The highest BCUT2D eigenvalue weighted by Gasteiger charge is 2.36. The Bertz CT molecular complexity index is 1040. The topological polar surface area (TPSA) is 111 Å². The van der Waals surface area contributed by atoms with Crippen LogP contribution in [0.2, 0.25) is 0 Å². The van der Waals surface area contributed by atoms with E-state index in [1.54, 1.807) is 34.1 Å². The monoisotopic (exact) mass is 465 g/mol. The molecule has 1 atom stereocenters. The fourth-order valence-corrected chi connectivity index (χ4v) is 5.90. The molecule has 1 saturated heterocycles. The van der Waals surface area contributed by atoms with Crippen LogP contribution >= 0.6 is 0 Å². The van der Waals surface area contributed by atoms with Crippen molar-refractivity contribution in [3.8, 4) is 11.5 Å². The molecule has 0 bridgehead atoms. The Labute approximate surface area is 189 Å². The van der Waals surface area contributed by atoms with E-state index >= 15 is 0 Å². The number of nitrogens with one attached hydrogen (secondary N) is 1. The van der Waals surface area contributed by atoms with Crippen LogP contribution < -0.4 is 14.8 Å². The van der Waals surface area contributed by atoms with Crippen LogP contribution in [-0.4, -0.2) is 51.1 Å². The number of amides is 1. The predicted octanol–water partition coefficient (Wildman–Crippen LogP) is 2.66. The van der Waals surface area contributed by atoms with E-state index in [-0.39, 0.29) is 22.6 Å². The smallest absolute Gasteiger partial charge is 0.248 e. The number of aryl methyl sites for hydroxylation is 2. The van der Waals surface area contributed by atoms with Crippen molar-refractivity contribution >= 4 is 15.9 Å². The summed E-state index contributed by atoms with van der Waals surface area (Å²) in [7, 11) is -0.494. The molecule has 1 aromatic carbocycles. The third kappa shape index (κ3) is 4.91. The molecule has 2 aromatic rings. The fourth-order valence-electron chi connectivity index (χ4n) is 4.14. The van der Waals surface area contributed by atoms with Gasteiger partial charge in [-0.25, -0.2) is 8.42 Å². The van der Waals surface area contributed by atoms with E-state index in [2.05, 4.69) is 10.5 Å². The van der Waals surface area contributed by atoms with Gasteiger partial charge in [0.1, 0.15) is 22.1 Å². The summed E-state index contributed by atoms with van der Waals surface area (Å²) < 4.78 is 43.1. The summed E-state index contributed by atoms with van der Waals surface area (Å²) in [5, 5.41) is 6.74. The zero-order chi connectivity index (χ0) is 23.5. The number of nitrogens with zero attached hydrogens (tertiary/aromatic N) is 2. The Hall–Kier alpha value is -2.59. The molecule has 1 amide bonds. The Morgan fingerprint density at radius 3 is 2.50 bits per heavy atom. The van der Waals surface area contributed by atoms with Gasteiger partial charge in [0.15, 0.2) is 5.76 Å². The van der Waals surface area contributed by atoms with Gasteiger partial charge in [0.05, 0.1) is 14.2 Å². The van der Waals surface area contributed by atoms with Gasteiger partial charge in [-0.05, 0) is 44.7 Å². The van der Waals surface area contributed by atoms with Gasteiger partial charge in [0.25, 0.3) is 0 Å². The van der Waals surface area contributed by atoms with Crippen LogP contribution in [0.1, 0.15) is 36.8 Å². The Morgan fingerprint density at radius 2 is 1.94 bits per heavy atom. The summed E-state index contributed by atoms with van der Waals surface area (Å²) in [4.78, 5) is 12.9. The second-order valence-corrected chi connectivity index (χ2v) is 9.95. The molecule has 10 heteroatoms. The molecule has 0 aliphatic carbocycles. The van der Waals surface area contributed by atoms with Crippen LogP contribution in [0.4, 0.5) is 0 Å². The van der Waals surface area contributed by atoms with Crippen molar-refractivity contribution in [2.45, 2.75) is 45.1 Å². The Morgan fingerprint density at radius 1 is 1.25 bits per heavy atom. The minimum absolute atomic E-state index is 0.0603. The fraction of sp³-hybridized carbons (Fsp3) is 0.545. The highest BCUT2D eigenvalue weighted by atomic mass is 32.2. The number of carbonyl (C=O) groups excluding carboxylic acids is 1. The summed E-state index contributed by atoms with van der Waals surface area (Å²) in [6.07, 6.45) is 1.23. The van der Waals surface area contributed by atoms with Gasteiger partial charge in [-0.1, -0.05) is 12.1 Å². The maximum Gasteiger partial charge on any atom is 0.248 e. The lowest BCUT2D eigenvalue weighted by molar-refractivity contribution is -0.126. The molecule has 1 N–H and O–H groups in total. The van der Waals surface area contributed by atoms with Gasteiger partial charge >= 0.3 is 0 Å². The average Bonchev–Trinajstić information content (AvgIpc) is 3.15. The number of carbonyl (C=O) groups is 1. The number of sulfonamides is 1. The summed E-state index contributed by atoms with van der Waals surface area (Å²) >= 11 is 0. The SMILES string of the molecule is COc1ccc(CNC(=O)[C@H](C)C2CCN(S(=O)(=O)c3c(C)noc3C)CC2)c(OC)c1. The van der Waals surface area contributed by atoms with Crippen LogP contribution in [0.3, 0.4) is 0 Å². The van der Waals surface area contributed by atoms with E-state index in [1.807, 2.05) is 19.1 Å². The molecule has 0 spiro atoms. The minimum Gasteiger partial charge on any atom is -0.497 e. The third-order valence-corrected chi connectivity index (χ3v) is 8.28. The number of rotatable bonds is 8. The van der Waals surface area contributed by atoms with Crippen molar-refractivity contribution in [3.63, 3.8) is 0 Å². The largest absolute Gasteiger partial charge is 0.497 e. The quantitative estimate of drug-likeness (QED) is 0.638. The van der Waals surface area contributed by atoms with Crippen molar-refractivity contribution in [1.29, 1.82) is 0 Å². The number of ether oxygens (including phenoxy) is 2. The number of aromatic nitrogens is 1. The second kappa shape index (κ2) is 9.91. The molecule has 1 fully saturated rings. The Balaban J connectivity index is 1.57. The van der Waals surface area contributed by atoms with Gasteiger partial charge in [-0.3, -0.25) is 4.79 Å². The lowest BCUT2D eigenvalue weighted by atomic mass is 9.85. The highest BCUT2D eigenvalue weighted by molar-refractivity contribution is 7.89. The number of benzene rings is 1. The summed E-state index contributed by atoms with van der Waals surface area (Å²) in [5.41, 5.74) is 1.22. The third-order valence-electron chi connectivity index (χ3n) is 6.13. The lowest BCUT2D eigenvalue weighted by Gasteiger charge is -2.33. The molecule has 176 valence electrons. The normalized spacial score (nSPS) is 16.5. The second-order valence-electron chi connectivity index (χ2n) is 8.08. The van der Waals surface area contributed by atoms with Crippen LogP contribution in [0.5, 0.6) is 11.5 Å². The lowest BCUT2D eigenvalue weighted by Crippen LogP contribution is -2.42. The average molecular weight is 466 g/mol. The first kappa shape index (κ1) is 24.1. The molecule has 3 rings (SSSR count). The van der Waals surface area contributed by atoms with E-state index in [0.29, 0.717) is 55.4 Å². The van der Waals surface area contributed by atoms with Crippen molar-refractivity contribution < 1.29 is 27.2 Å². The van der Waals surface area contributed by atoms with Crippen LogP contribution in [-0.2, 0) is 21.4 Å². The number of hydrogen-bond acceptors (Lipinski definition) is 7. The van der Waals surface area contributed by atoms with Crippen molar-refractivity contribution in [3.05, 3.63) is 35.2 Å². The number of methoxy groups -OCH3 is 2. The predicted molar refractivity (Wildman–Crippen MR) is 118 cm³/mol. The molecule has 0 radical (unpaired) electrons. The first-order valence-electron chi connectivity index (χ1n) is 10.6. The first-order valence-corrected chi connectivity index (χ1v) is 12.0. The number of piperidine rings is 1. The molecule has 9 nitrogen and oxygen atoms in total. The highest BCUT2D eigenvalue weighted by Crippen LogP contribution is 2.31. The zero-order valence-electron chi connectivity index (χ0n) is 19.2. The zero-order valence-corrected chi connectivity index (χ0v) is 20.0. The standard InChI is InChI=1S/C22H31N3O6S/c1-14(22(26)23-13-18-6-7-19(29-4)12-20(18)30-5)17-8-10-25(11-9-17)32(27,28)21-15(2)24-31-16(21)3/h6-7,12,14,17H,8-11,13H2,1-5H3,(H,23,26)/t14-/m1/s1. The van der Waals surface area contributed by atoms with Crippen molar-refractivity contribution in [2.24, 2.45) is 11.8 Å². The van der Waals surface area contributed by atoms with Crippen LogP contribution in [0, 0.1) is 25.7 Å². The van der Waals surface area contributed by atoms with Crippen molar-refractivity contribution in [2.75, 3.05) is 27.3 Å². The first-order chi connectivity index (χ1) is 15.2. The molecule has 1 aliphatic rings. The maximum atomic E-state index is 13.0. The molecule has 32 heavy (non-hydrogen) atoms. The Kier molecular flexibility index (Phi) is 7.45. The van der Waals surface area contributed by atoms with Crippen molar-refractivity contribution in [1.82, 2.24) is 14.8 Å². The molecule has 1 aliphatic heterocycles. The summed E-state index contributed by atoms with van der Waals surface area (Å²) in [6.45, 7) is 6.19. The van der Waals surface area contributed by atoms with Gasteiger partial charge < -0.3 is 19.3 Å². The number of hydrogen-bond donors (Lipinski definition) is 1. The summed E-state index contributed by atoms with van der Waals surface area (Å²) in [5.74, 6) is 1.44. The van der Waals surface area contributed by atoms with E-state index in [9.17, 15) is 13.2 Å². The maximum absolute atomic E-state index is 13.0. The molecule has 0 saturated carbocycles. The van der Waals surface area contributed by atoms with Gasteiger partial charge in [0, 0.05) is 37.2 Å². The minimum atomic E-state index is -3.66. The summed E-state index contributed by atoms with van der Waals surface area (Å²) in [6, 6.07) is 5.46. The molecule has 0 unspecified atom stereocenters. The van der Waals surface area contributed by atoms with Crippen LogP contribution in [0.15, 0.2) is 27.6 Å². The van der Waals surface area contributed by atoms with E-state index in [0.717, 1.165) is 5.56 Å². The van der Waals surface area contributed by atoms with E-state index < -0.39 is 10.0 Å². The molecular weight excluding hydrogens is 434 g/mol. The van der Waals surface area contributed by atoms with Gasteiger partial charge in [-0.2, -0.15) is 4.31 Å². The van der Waals surface area contributed by atoms with Crippen LogP contribution in [0.25, 0.3) is 0 Å². The molecule has 2 heterocycles. The van der Waals surface area contributed by atoms with Gasteiger partial charge in [-0.15, -0.1) is 0 Å². The van der Waals surface area contributed by atoms with E-state index in [4.69, 9.17) is 14.0 Å². The van der Waals surface area contributed by atoms with Gasteiger partial charge in [0.2, 0.25) is 15.9 Å². The molecular formula is C22H31N3O6S.